The molecule has 0 aliphatic heterocycles. The quantitative estimate of drug-likeness (QED) is 0.371. The second kappa shape index (κ2) is 4.79. The number of rotatable bonds is 2. The summed E-state index contributed by atoms with van der Waals surface area (Å²) in [6.45, 7) is 0. The van der Waals surface area contributed by atoms with Crippen molar-refractivity contribution in [2.24, 2.45) is 11.8 Å². The van der Waals surface area contributed by atoms with Gasteiger partial charge in [0.05, 0.1) is 0 Å². The first kappa shape index (κ1) is 15.5. The highest BCUT2D eigenvalue weighted by Gasteiger charge is 2.82. The molecule has 0 N–H and O–H groups in total. The van der Waals surface area contributed by atoms with Gasteiger partial charge in [-0.2, -0.15) is 0 Å². The van der Waals surface area contributed by atoms with Crippen LogP contribution in [0.5, 0.6) is 0 Å². The average molecular weight is 524 g/mol. The minimum absolute atomic E-state index is 0.322. The third kappa shape index (κ3) is 1.45. The van der Waals surface area contributed by atoms with E-state index in [0.29, 0.717) is 11.8 Å². The fourth-order valence-corrected chi connectivity index (χ4v) is 9.75. The lowest BCUT2D eigenvalue weighted by Gasteiger charge is -2.42. The van der Waals surface area contributed by atoms with Crippen molar-refractivity contribution in [2.75, 3.05) is 14.2 Å². The Balaban J connectivity index is 2.27. The summed E-state index contributed by atoms with van der Waals surface area (Å²) in [6.07, 6.45) is 4.96. The fraction of sp³-hybridized carbons (Fsp3) is 0.846. The van der Waals surface area contributed by atoms with Crippen LogP contribution in [0, 0.1) is 11.8 Å². The fourth-order valence-electron chi connectivity index (χ4n) is 4.45. The molecule has 0 aromatic heterocycles. The minimum atomic E-state index is -0.725. The molecule has 4 atom stereocenters. The zero-order valence-corrected chi connectivity index (χ0v) is 17.2. The number of hydrogen-bond acceptors (Lipinski definition) is 2. The Labute approximate surface area is 147 Å². The zero-order chi connectivity index (χ0) is 14.1. The first-order valence-electron chi connectivity index (χ1n) is 6.46. The van der Waals surface area contributed by atoms with E-state index in [1.54, 1.807) is 14.2 Å². The van der Waals surface area contributed by atoms with Crippen LogP contribution in [0.15, 0.2) is 8.96 Å². The normalized spacial score (nSPS) is 47.7. The second-order valence-electron chi connectivity index (χ2n) is 5.57. The highest BCUT2D eigenvalue weighted by atomic mass is 79.9. The minimum Gasteiger partial charge on any atom is -0.350 e. The monoisotopic (exact) mass is 520 g/mol. The number of alkyl halides is 2. The van der Waals surface area contributed by atoms with Crippen LogP contribution in [-0.4, -0.2) is 28.7 Å². The summed E-state index contributed by atoms with van der Waals surface area (Å²) in [7, 11) is 3.47. The van der Waals surface area contributed by atoms with Crippen LogP contribution in [-0.2, 0) is 9.47 Å². The highest BCUT2D eigenvalue weighted by molar-refractivity contribution is 9.16. The highest BCUT2D eigenvalue weighted by Crippen LogP contribution is 2.77. The van der Waals surface area contributed by atoms with Crippen molar-refractivity contribution in [3.05, 3.63) is 8.96 Å². The van der Waals surface area contributed by atoms with E-state index in [2.05, 4.69) is 63.7 Å². The van der Waals surface area contributed by atoms with Gasteiger partial charge in [0, 0.05) is 23.2 Å². The Morgan fingerprint density at radius 3 is 1.58 bits per heavy atom. The molecule has 0 radical (unpaired) electrons. The molecule has 0 saturated heterocycles. The summed E-state index contributed by atoms with van der Waals surface area (Å²) in [6, 6.07) is 0. The predicted octanol–water partition coefficient (Wildman–Crippen LogP) is 5.08. The topological polar surface area (TPSA) is 18.5 Å². The summed E-state index contributed by atoms with van der Waals surface area (Å²) in [5, 5.41) is 0. The van der Waals surface area contributed by atoms with Gasteiger partial charge in [0.15, 0.2) is 0 Å². The van der Waals surface area contributed by atoms with Gasteiger partial charge in [-0.15, -0.1) is 0 Å². The Bertz CT molecular complexity index is 412. The molecule has 108 valence electrons. The van der Waals surface area contributed by atoms with Gasteiger partial charge >= 0.3 is 0 Å². The van der Waals surface area contributed by atoms with Gasteiger partial charge in [0.2, 0.25) is 5.79 Å². The predicted molar refractivity (Wildman–Crippen MR) is 90.4 cm³/mol. The van der Waals surface area contributed by atoms with Crippen molar-refractivity contribution in [2.45, 2.75) is 40.1 Å². The average Bonchev–Trinajstić information content (AvgIpc) is 2.69. The first-order valence-corrected chi connectivity index (χ1v) is 9.63. The van der Waals surface area contributed by atoms with E-state index in [1.165, 1.54) is 25.7 Å². The molecule has 2 bridgehead atoms. The van der Waals surface area contributed by atoms with Crippen LogP contribution in [0.3, 0.4) is 0 Å². The Hall–Kier alpha value is 1.58. The summed E-state index contributed by atoms with van der Waals surface area (Å²) in [5.74, 6) is 0.296. The lowest BCUT2D eigenvalue weighted by molar-refractivity contribution is -0.214. The van der Waals surface area contributed by atoms with Crippen LogP contribution in [0.25, 0.3) is 0 Å². The van der Waals surface area contributed by atoms with Crippen LogP contribution >= 0.6 is 63.7 Å². The second-order valence-corrected chi connectivity index (χ2v) is 9.66. The van der Waals surface area contributed by atoms with Crippen molar-refractivity contribution in [1.82, 2.24) is 0 Å². The van der Waals surface area contributed by atoms with Crippen LogP contribution in [0.4, 0.5) is 0 Å². The van der Waals surface area contributed by atoms with E-state index in [-0.39, 0.29) is 8.65 Å². The van der Waals surface area contributed by atoms with Gasteiger partial charge in [-0.25, -0.2) is 0 Å². The van der Waals surface area contributed by atoms with Crippen molar-refractivity contribution < 1.29 is 9.47 Å². The molecule has 3 rings (SSSR count). The van der Waals surface area contributed by atoms with Gasteiger partial charge in [0.25, 0.3) is 0 Å². The summed E-state index contributed by atoms with van der Waals surface area (Å²) < 4.78 is 13.5. The molecule has 2 fully saturated rings. The van der Waals surface area contributed by atoms with Gasteiger partial charge in [-0.3, -0.25) is 0 Å². The molecule has 0 unspecified atom stereocenters. The number of ether oxygens (including phenoxy) is 2. The van der Waals surface area contributed by atoms with Crippen molar-refractivity contribution in [1.29, 1.82) is 0 Å². The molecule has 2 nitrogen and oxygen atoms in total. The van der Waals surface area contributed by atoms with Crippen molar-refractivity contribution >= 4 is 63.7 Å². The third-order valence-electron chi connectivity index (χ3n) is 5.15. The molecule has 0 heterocycles. The van der Waals surface area contributed by atoms with Crippen LogP contribution < -0.4 is 0 Å². The molecular weight excluding hydrogens is 508 g/mol. The molecule has 0 aromatic carbocycles. The summed E-state index contributed by atoms with van der Waals surface area (Å²) in [4.78, 5) is 0. The van der Waals surface area contributed by atoms with E-state index in [9.17, 15) is 0 Å². The maximum atomic E-state index is 5.96. The molecule has 6 heteroatoms. The smallest absolute Gasteiger partial charge is 0.208 e. The molecule has 0 aromatic rings. The molecule has 3 aliphatic carbocycles. The number of halogens is 4. The Kier molecular flexibility index (Phi) is 3.90. The maximum Gasteiger partial charge on any atom is 0.208 e. The lowest BCUT2D eigenvalue weighted by Crippen LogP contribution is -2.56. The third-order valence-corrected chi connectivity index (χ3v) is 11.8. The van der Waals surface area contributed by atoms with Crippen LogP contribution in [0.2, 0.25) is 0 Å². The van der Waals surface area contributed by atoms with Gasteiger partial charge in [-0.05, 0) is 24.7 Å². The molecule has 2 saturated carbocycles. The van der Waals surface area contributed by atoms with Gasteiger partial charge in [0.1, 0.15) is 8.65 Å². The largest absolute Gasteiger partial charge is 0.350 e. The number of methoxy groups -OCH3 is 2. The molecular formula is C13H16Br4O2. The zero-order valence-electron chi connectivity index (χ0n) is 10.8. The van der Waals surface area contributed by atoms with Gasteiger partial charge < -0.3 is 9.47 Å². The lowest BCUT2D eigenvalue weighted by atomic mass is 9.73. The standard InChI is InChI=1S/C13H16Br4O2/c1-18-13(19-2)11(16)7-5-3-4-6-8(7)12(13,17)10(15)9(11)14/h7-8H,3-6H2,1-2H3/t7-,8+,11-,12+. The number of fused-ring (bicyclic) bond motifs is 5. The van der Waals surface area contributed by atoms with Crippen LogP contribution in [0.1, 0.15) is 25.7 Å². The van der Waals surface area contributed by atoms with Crippen molar-refractivity contribution in [3.63, 3.8) is 0 Å². The molecule has 19 heavy (non-hydrogen) atoms. The van der Waals surface area contributed by atoms with E-state index < -0.39 is 5.79 Å². The van der Waals surface area contributed by atoms with E-state index >= 15 is 0 Å². The summed E-state index contributed by atoms with van der Waals surface area (Å²) in [5.41, 5.74) is 0. The van der Waals surface area contributed by atoms with E-state index in [1.807, 2.05) is 0 Å². The molecule has 0 spiro atoms. The summed E-state index contributed by atoms with van der Waals surface area (Å²) >= 11 is 15.5. The molecule has 0 amide bonds. The van der Waals surface area contributed by atoms with E-state index in [4.69, 9.17) is 9.47 Å². The SMILES string of the molecule is COC1(OC)[C@@]2(Br)C(Br)=C(Br)[C@]1(Br)[C@@H]1CCCC[C@@H]12. The van der Waals surface area contributed by atoms with E-state index in [0.717, 1.165) is 8.96 Å². The maximum absolute atomic E-state index is 5.96. The van der Waals surface area contributed by atoms with Gasteiger partial charge in [-0.1, -0.05) is 76.6 Å². The Morgan fingerprint density at radius 1 is 0.895 bits per heavy atom. The number of hydrogen-bond donors (Lipinski definition) is 0. The van der Waals surface area contributed by atoms with Crippen molar-refractivity contribution in [3.8, 4) is 0 Å². The molecule has 3 aliphatic rings. The first-order chi connectivity index (χ1) is 8.91. The Morgan fingerprint density at radius 2 is 1.26 bits per heavy atom.